The lowest BCUT2D eigenvalue weighted by atomic mass is 10.2. The van der Waals surface area contributed by atoms with E-state index >= 15 is 0 Å². The van der Waals surface area contributed by atoms with E-state index in [9.17, 15) is 8.42 Å². The number of hydrogen-bond donors (Lipinski definition) is 0. The highest BCUT2D eigenvalue weighted by atomic mass is 32.2. The highest BCUT2D eigenvalue weighted by Crippen LogP contribution is 2.26. The number of aryl methyl sites for hydroxylation is 1. The first kappa shape index (κ1) is 16.0. The van der Waals surface area contributed by atoms with Crippen LogP contribution in [0.25, 0.3) is 10.6 Å². The predicted molar refractivity (Wildman–Crippen MR) is 86.2 cm³/mol. The molecule has 1 aromatic carbocycles. The number of nitrogens with zero attached hydrogens (tertiary/aromatic N) is 1. The highest BCUT2D eigenvalue weighted by Gasteiger charge is 2.14. The Morgan fingerprint density at radius 1 is 1.24 bits per heavy atom. The molecule has 0 aliphatic heterocycles. The number of hydrogen-bond acceptors (Lipinski definition) is 5. The van der Waals surface area contributed by atoms with Crippen molar-refractivity contribution in [3.63, 3.8) is 0 Å². The average molecular weight is 325 g/mol. The lowest BCUT2D eigenvalue weighted by molar-refractivity contribution is 0.477. The van der Waals surface area contributed by atoms with Crippen LogP contribution in [0.3, 0.4) is 0 Å². The molecule has 0 radical (unpaired) electrons. The van der Waals surface area contributed by atoms with Gasteiger partial charge in [-0.1, -0.05) is 13.8 Å². The zero-order chi connectivity index (χ0) is 15.5. The van der Waals surface area contributed by atoms with Gasteiger partial charge in [-0.15, -0.1) is 11.3 Å². The Morgan fingerprint density at radius 3 is 2.43 bits per heavy atom. The van der Waals surface area contributed by atoms with E-state index in [1.807, 2.05) is 38.3 Å². The van der Waals surface area contributed by atoms with Crippen LogP contribution in [0.4, 0.5) is 0 Å². The van der Waals surface area contributed by atoms with Crippen LogP contribution in [-0.4, -0.2) is 19.2 Å². The fourth-order valence-electron chi connectivity index (χ4n) is 1.71. The lowest BCUT2D eigenvalue weighted by Gasteiger charge is -2.08. The minimum absolute atomic E-state index is 0.0398. The Labute approximate surface area is 129 Å². The Kier molecular flexibility index (Phi) is 5.00. The van der Waals surface area contributed by atoms with Crippen LogP contribution in [0.5, 0.6) is 5.75 Å². The summed E-state index contributed by atoms with van der Waals surface area (Å²) in [6.07, 6.45) is 0.596. The molecule has 1 aromatic heterocycles. The smallest absolute Gasteiger partial charge is 0.309 e. The third-order valence-electron chi connectivity index (χ3n) is 2.89. The molecule has 21 heavy (non-hydrogen) atoms. The van der Waals surface area contributed by atoms with Crippen molar-refractivity contribution in [2.24, 2.45) is 5.92 Å². The van der Waals surface area contributed by atoms with Crippen molar-refractivity contribution in [2.45, 2.75) is 27.2 Å². The second-order valence-electron chi connectivity index (χ2n) is 5.35. The fraction of sp³-hybridized carbons (Fsp3) is 0.400. The number of benzene rings is 1. The maximum atomic E-state index is 11.8. The molecule has 0 aliphatic carbocycles. The van der Waals surface area contributed by atoms with Crippen molar-refractivity contribution in [1.82, 2.24) is 4.98 Å². The molecular weight excluding hydrogens is 306 g/mol. The zero-order valence-corrected chi connectivity index (χ0v) is 14.0. The topological polar surface area (TPSA) is 56.3 Å². The zero-order valence-electron chi connectivity index (χ0n) is 12.4. The van der Waals surface area contributed by atoms with Crippen molar-refractivity contribution >= 4 is 21.5 Å². The number of aromatic nitrogens is 1. The van der Waals surface area contributed by atoms with Gasteiger partial charge in [-0.25, -0.2) is 4.98 Å². The van der Waals surface area contributed by atoms with Gasteiger partial charge >= 0.3 is 10.1 Å². The molecule has 114 valence electrons. The van der Waals surface area contributed by atoms with Crippen molar-refractivity contribution in [3.05, 3.63) is 35.3 Å². The molecule has 0 unspecified atom stereocenters. The van der Waals surface area contributed by atoms with Gasteiger partial charge in [0.1, 0.15) is 10.8 Å². The molecule has 0 aliphatic rings. The maximum Gasteiger partial charge on any atom is 0.309 e. The number of rotatable bonds is 6. The Hall–Kier alpha value is -1.40. The Morgan fingerprint density at radius 2 is 1.90 bits per heavy atom. The molecule has 0 fully saturated rings. The van der Waals surface area contributed by atoms with E-state index in [0.717, 1.165) is 16.3 Å². The normalized spacial score (nSPS) is 11.8. The van der Waals surface area contributed by atoms with E-state index in [0.29, 0.717) is 18.1 Å². The molecule has 0 amide bonds. The van der Waals surface area contributed by atoms with Gasteiger partial charge in [-0.3, -0.25) is 0 Å². The van der Waals surface area contributed by atoms with E-state index in [1.165, 1.54) is 0 Å². The summed E-state index contributed by atoms with van der Waals surface area (Å²) < 4.78 is 28.8. The summed E-state index contributed by atoms with van der Waals surface area (Å²) in [5, 5.41) is 2.90. The van der Waals surface area contributed by atoms with Crippen LogP contribution >= 0.6 is 11.3 Å². The summed E-state index contributed by atoms with van der Waals surface area (Å²) in [5.41, 5.74) is 1.94. The van der Waals surface area contributed by atoms with Gasteiger partial charge in [0.15, 0.2) is 0 Å². The lowest BCUT2D eigenvalue weighted by Crippen LogP contribution is -2.15. The quantitative estimate of drug-likeness (QED) is 0.756. The molecule has 2 aromatic rings. The molecule has 0 bridgehead atoms. The molecule has 4 nitrogen and oxygen atoms in total. The Balaban J connectivity index is 2.06. The van der Waals surface area contributed by atoms with Crippen LogP contribution < -0.4 is 4.18 Å². The van der Waals surface area contributed by atoms with Crippen LogP contribution in [0, 0.1) is 12.8 Å². The maximum absolute atomic E-state index is 11.8. The van der Waals surface area contributed by atoms with Gasteiger partial charge in [0.05, 0.1) is 5.75 Å². The highest BCUT2D eigenvalue weighted by molar-refractivity contribution is 7.87. The number of thiazole rings is 1. The van der Waals surface area contributed by atoms with Gasteiger partial charge in [-0.05, 0) is 43.5 Å². The third kappa shape index (κ3) is 4.82. The van der Waals surface area contributed by atoms with Gasteiger partial charge in [0.25, 0.3) is 0 Å². The van der Waals surface area contributed by atoms with Crippen LogP contribution in [-0.2, 0) is 10.1 Å². The fourth-order valence-corrected chi connectivity index (χ4v) is 3.76. The standard InChI is InChI=1S/C15H19NO3S2/c1-11(2)8-9-21(17,18)19-14-6-4-13(5-7-14)15-16-12(3)10-20-15/h4-7,10-11H,8-9H2,1-3H3. The van der Waals surface area contributed by atoms with E-state index in [4.69, 9.17) is 4.18 Å². The summed E-state index contributed by atoms with van der Waals surface area (Å²) in [7, 11) is -3.52. The molecule has 1 heterocycles. The summed E-state index contributed by atoms with van der Waals surface area (Å²) in [5.74, 6) is 0.715. The van der Waals surface area contributed by atoms with Gasteiger partial charge in [0.2, 0.25) is 0 Å². The minimum Gasteiger partial charge on any atom is -0.382 e. The summed E-state index contributed by atoms with van der Waals surface area (Å²) in [6.45, 7) is 5.92. The first-order valence-corrected chi connectivity index (χ1v) is 9.26. The van der Waals surface area contributed by atoms with Gasteiger partial charge in [-0.2, -0.15) is 8.42 Å². The average Bonchev–Trinajstić information content (AvgIpc) is 2.84. The molecule has 0 atom stereocenters. The van der Waals surface area contributed by atoms with Crippen molar-refractivity contribution < 1.29 is 12.6 Å². The summed E-state index contributed by atoms with van der Waals surface area (Å²) in [6, 6.07) is 6.98. The predicted octanol–water partition coefficient (Wildman–Crippen LogP) is 3.87. The molecule has 2 rings (SSSR count). The summed E-state index contributed by atoms with van der Waals surface area (Å²) >= 11 is 1.56. The van der Waals surface area contributed by atoms with E-state index in [2.05, 4.69) is 4.98 Å². The monoisotopic (exact) mass is 325 g/mol. The minimum atomic E-state index is -3.52. The largest absolute Gasteiger partial charge is 0.382 e. The third-order valence-corrected chi connectivity index (χ3v) is 5.08. The van der Waals surface area contributed by atoms with Crippen molar-refractivity contribution in [3.8, 4) is 16.3 Å². The van der Waals surface area contributed by atoms with Crippen molar-refractivity contribution in [2.75, 3.05) is 5.75 Å². The molecular formula is C15H19NO3S2. The van der Waals surface area contributed by atoms with E-state index in [1.54, 1.807) is 23.5 Å². The molecule has 0 spiro atoms. The van der Waals surface area contributed by atoms with E-state index < -0.39 is 10.1 Å². The van der Waals surface area contributed by atoms with Crippen LogP contribution in [0.2, 0.25) is 0 Å². The van der Waals surface area contributed by atoms with Gasteiger partial charge < -0.3 is 4.18 Å². The van der Waals surface area contributed by atoms with E-state index in [-0.39, 0.29) is 5.75 Å². The van der Waals surface area contributed by atoms with Crippen molar-refractivity contribution in [1.29, 1.82) is 0 Å². The van der Waals surface area contributed by atoms with Crippen LogP contribution in [0.15, 0.2) is 29.6 Å². The Bertz CT molecular complexity index is 688. The molecule has 0 saturated carbocycles. The van der Waals surface area contributed by atoms with Gasteiger partial charge in [0, 0.05) is 16.6 Å². The first-order valence-electron chi connectivity index (χ1n) is 6.80. The summed E-state index contributed by atoms with van der Waals surface area (Å²) in [4.78, 5) is 4.39. The van der Waals surface area contributed by atoms with Crippen LogP contribution in [0.1, 0.15) is 26.0 Å². The molecule has 6 heteroatoms. The second-order valence-corrected chi connectivity index (χ2v) is 7.89. The second kappa shape index (κ2) is 6.58. The molecule has 0 saturated heterocycles. The first-order chi connectivity index (χ1) is 9.85. The molecule has 0 N–H and O–H groups in total. The SMILES string of the molecule is Cc1csc(-c2ccc(OS(=O)(=O)CCC(C)C)cc2)n1.